The number of aliphatic hydroxyl groups is 1. The Bertz CT molecular complexity index is 229. The second kappa shape index (κ2) is 5.71. The maximum Gasteiger partial charge on any atom is 0.0499 e. The summed E-state index contributed by atoms with van der Waals surface area (Å²) in [6.45, 7) is 7.38. The van der Waals surface area contributed by atoms with Gasteiger partial charge < -0.3 is 10.0 Å². The molecule has 1 N–H and O–H groups in total. The summed E-state index contributed by atoms with van der Waals surface area (Å²) in [7, 11) is 0. The first-order valence-corrected chi connectivity index (χ1v) is 7.50. The minimum Gasteiger partial charge on any atom is -0.396 e. The molecule has 2 saturated carbocycles. The van der Waals surface area contributed by atoms with Gasteiger partial charge in [-0.3, -0.25) is 0 Å². The standard InChI is InChI=1S/C15H29NO/c1-13(2)16(10-14-6-7-14)11-15(12-17)8-4-3-5-9-15/h13-14,17H,3-12H2,1-2H3. The highest BCUT2D eigenvalue weighted by Gasteiger charge is 2.35. The van der Waals surface area contributed by atoms with E-state index in [1.807, 2.05) is 0 Å². The van der Waals surface area contributed by atoms with E-state index in [0.29, 0.717) is 12.6 Å². The Morgan fingerprint density at radius 2 is 1.82 bits per heavy atom. The second-order valence-corrected chi connectivity index (χ2v) is 6.69. The highest BCUT2D eigenvalue weighted by molar-refractivity contribution is 4.88. The Labute approximate surface area is 106 Å². The Morgan fingerprint density at radius 3 is 2.29 bits per heavy atom. The van der Waals surface area contributed by atoms with Crippen LogP contribution in [0.2, 0.25) is 0 Å². The molecule has 2 heteroatoms. The van der Waals surface area contributed by atoms with E-state index in [4.69, 9.17) is 0 Å². The summed E-state index contributed by atoms with van der Waals surface area (Å²) in [4.78, 5) is 2.62. The summed E-state index contributed by atoms with van der Waals surface area (Å²) >= 11 is 0. The normalized spacial score (nSPS) is 24.5. The van der Waals surface area contributed by atoms with Crippen molar-refractivity contribution in [3.05, 3.63) is 0 Å². The maximum absolute atomic E-state index is 9.80. The van der Waals surface area contributed by atoms with Crippen molar-refractivity contribution in [2.75, 3.05) is 19.7 Å². The molecule has 100 valence electrons. The van der Waals surface area contributed by atoms with Gasteiger partial charge in [0.15, 0.2) is 0 Å². The summed E-state index contributed by atoms with van der Waals surface area (Å²) in [5.41, 5.74) is 0.220. The quantitative estimate of drug-likeness (QED) is 0.770. The molecule has 17 heavy (non-hydrogen) atoms. The first kappa shape index (κ1) is 13.4. The molecule has 0 aromatic heterocycles. The fourth-order valence-electron chi connectivity index (χ4n) is 3.19. The van der Waals surface area contributed by atoms with Crippen LogP contribution in [-0.2, 0) is 0 Å². The van der Waals surface area contributed by atoms with E-state index in [2.05, 4.69) is 18.7 Å². The van der Waals surface area contributed by atoms with Crippen LogP contribution in [0.1, 0.15) is 58.8 Å². The fourth-order valence-corrected chi connectivity index (χ4v) is 3.19. The first-order chi connectivity index (χ1) is 8.15. The average molecular weight is 239 g/mol. The van der Waals surface area contributed by atoms with Crippen LogP contribution in [0.15, 0.2) is 0 Å². The van der Waals surface area contributed by atoms with Crippen LogP contribution in [0.4, 0.5) is 0 Å². The lowest BCUT2D eigenvalue weighted by atomic mass is 9.74. The summed E-state index contributed by atoms with van der Waals surface area (Å²) in [5.74, 6) is 0.955. The zero-order valence-corrected chi connectivity index (χ0v) is 11.6. The maximum atomic E-state index is 9.80. The van der Waals surface area contributed by atoms with E-state index in [0.717, 1.165) is 12.5 Å². The van der Waals surface area contributed by atoms with Gasteiger partial charge in [0.1, 0.15) is 0 Å². The largest absolute Gasteiger partial charge is 0.396 e. The van der Waals surface area contributed by atoms with Gasteiger partial charge in [0.25, 0.3) is 0 Å². The molecule has 2 rings (SSSR count). The van der Waals surface area contributed by atoms with Crippen LogP contribution in [0.5, 0.6) is 0 Å². The van der Waals surface area contributed by atoms with Crippen LogP contribution in [0, 0.1) is 11.3 Å². The number of nitrogens with zero attached hydrogens (tertiary/aromatic N) is 1. The zero-order chi connectivity index (χ0) is 12.3. The molecule has 0 atom stereocenters. The minimum absolute atomic E-state index is 0.220. The van der Waals surface area contributed by atoms with Crippen molar-refractivity contribution in [2.45, 2.75) is 64.8 Å². The van der Waals surface area contributed by atoms with E-state index in [1.54, 1.807) is 0 Å². The van der Waals surface area contributed by atoms with Gasteiger partial charge in [-0.1, -0.05) is 19.3 Å². The summed E-state index contributed by atoms with van der Waals surface area (Å²) in [6, 6.07) is 0.626. The SMILES string of the molecule is CC(C)N(CC1CC1)CC1(CO)CCCCC1. The number of hydrogen-bond acceptors (Lipinski definition) is 2. The third-order valence-electron chi connectivity index (χ3n) is 4.71. The van der Waals surface area contributed by atoms with Crippen LogP contribution < -0.4 is 0 Å². The van der Waals surface area contributed by atoms with E-state index in [-0.39, 0.29) is 5.41 Å². The molecule has 0 amide bonds. The Balaban J connectivity index is 1.93. The minimum atomic E-state index is 0.220. The van der Waals surface area contributed by atoms with E-state index < -0.39 is 0 Å². The van der Waals surface area contributed by atoms with Gasteiger partial charge in [-0.25, -0.2) is 0 Å². The summed E-state index contributed by atoms with van der Waals surface area (Å²) in [6.07, 6.45) is 9.32. The lowest BCUT2D eigenvalue weighted by molar-refractivity contribution is 0.0283. The Kier molecular flexibility index (Phi) is 4.48. The number of hydrogen-bond donors (Lipinski definition) is 1. The molecule has 0 spiro atoms. The molecular formula is C15H29NO. The van der Waals surface area contributed by atoms with Crippen molar-refractivity contribution >= 4 is 0 Å². The molecule has 0 saturated heterocycles. The molecule has 0 radical (unpaired) electrons. The molecule has 2 aliphatic carbocycles. The van der Waals surface area contributed by atoms with Gasteiger partial charge in [-0.05, 0) is 45.4 Å². The van der Waals surface area contributed by atoms with Crippen molar-refractivity contribution in [1.29, 1.82) is 0 Å². The van der Waals surface area contributed by atoms with Crippen molar-refractivity contribution in [3.8, 4) is 0 Å². The molecule has 0 unspecified atom stereocenters. The van der Waals surface area contributed by atoms with Crippen LogP contribution >= 0.6 is 0 Å². The van der Waals surface area contributed by atoms with Crippen molar-refractivity contribution in [2.24, 2.45) is 11.3 Å². The lowest BCUT2D eigenvalue weighted by Crippen LogP contribution is -2.45. The van der Waals surface area contributed by atoms with E-state index >= 15 is 0 Å². The van der Waals surface area contributed by atoms with Gasteiger partial charge in [-0.15, -0.1) is 0 Å². The van der Waals surface area contributed by atoms with Crippen LogP contribution in [0.3, 0.4) is 0 Å². The molecule has 2 nitrogen and oxygen atoms in total. The van der Waals surface area contributed by atoms with Gasteiger partial charge in [0.2, 0.25) is 0 Å². The van der Waals surface area contributed by atoms with Crippen LogP contribution in [-0.4, -0.2) is 35.7 Å². The Hall–Kier alpha value is -0.0800. The fraction of sp³-hybridized carbons (Fsp3) is 1.00. The smallest absolute Gasteiger partial charge is 0.0499 e. The molecule has 0 aromatic rings. The predicted molar refractivity (Wildman–Crippen MR) is 72.0 cm³/mol. The number of rotatable bonds is 6. The zero-order valence-electron chi connectivity index (χ0n) is 11.6. The second-order valence-electron chi connectivity index (χ2n) is 6.69. The monoisotopic (exact) mass is 239 g/mol. The van der Waals surface area contributed by atoms with E-state index in [9.17, 15) is 5.11 Å². The molecule has 0 aliphatic heterocycles. The third-order valence-corrected chi connectivity index (χ3v) is 4.71. The Morgan fingerprint density at radius 1 is 1.18 bits per heavy atom. The molecular weight excluding hydrogens is 210 g/mol. The molecule has 0 heterocycles. The van der Waals surface area contributed by atoms with Gasteiger partial charge >= 0.3 is 0 Å². The summed E-state index contributed by atoms with van der Waals surface area (Å²) in [5, 5.41) is 9.80. The molecule has 0 bridgehead atoms. The lowest BCUT2D eigenvalue weighted by Gasteiger charge is -2.41. The summed E-state index contributed by atoms with van der Waals surface area (Å²) < 4.78 is 0. The average Bonchev–Trinajstić information content (AvgIpc) is 3.13. The molecule has 2 fully saturated rings. The molecule has 0 aromatic carbocycles. The van der Waals surface area contributed by atoms with Crippen LogP contribution in [0.25, 0.3) is 0 Å². The van der Waals surface area contributed by atoms with Gasteiger partial charge in [-0.2, -0.15) is 0 Å². The van der Waals surface area contributed by atoms with Crippen molar-refractivity contribution in [1.82, 2.24) is 4.90 Å². The van der Waals surface area contributed by atoms with Gasteiger partial charge in [0, 0.05) is 31.2 Å². The van der Waals surface area contributed by atoms with Crippen molar-refractivity contribution < 1.29 is 5.11 Å². The topological polar surface area (TPSA) is 23.5 Å². The van der Waals surface area contributed by atoms with Crippen molar-refractivity contribution in [3.63, 3.8) is 0 Å². The highest BCUT2D eigenvalue weighted by atomic mass is 16.3. The third kappa shape index (κ3) is 3.69. The van der Waals surface area contributed by atoms with E-state index in [1.165, 1.54) is 51.5 Å². The first-order valence-electron chi connectivity index (χ1n) is 7.50. The molecule has 2 aliphatic rings. The predicted octanol–water partition coefficient (Wildman–Crippen LogP) is 3.05. The highest BCUT2D eigenvalue weighted by Crippen LogP contribution is 2.38. The number of aliphatic hydroxyl groups excluding tert-OH is 1. The van der Waals surface area contributed by atoms with Gasteiger partial charge in [0.05, 0.1) is 0 Å².